The maximum atomic E-state index is 12.3. The van der Waals surface area contributed by atoms with E-state index in [1.165, 1.54) is 6.08 Å². The lowest BCUT2D eigenvalue weighted by molar-refractivity contribution is -0.111. The first-order valence-electron chi connectivity index (χ1n) is 7.97. The first-order chi connectivity index (χ1) is 12.7. The fourth-order valence-electron chi connectivity index (χ4n) is 2.20. The monoisotopic (exact) mass is 368 g/mol. The summed E-state index contributed by atoms with van der Waals surface area (Å²) >= 11 is 1.54. The van der Waals surface area contributed by atoms with Crippen LogP contribution in [0.1, 0.15) is 12.0 Å². The van der Waals surface area contributed by atoms with Crippen LogP contribution in [0.3, 0.4) is 0 Å². The fraction of sp³-hybridized carbons (Fsp3) is 0.200. The van der Waals surface area contributed by atoms with Gasteiger partial charge >= 0.3 is 0 Å². The van der Waals surface area contributed by atoms with Gasteiger partial charge in [-0.15, -0.1) is 11.8 Å². The minimum Gasteiger partial charge on any atom is -0.497 e. The molecule has 5 nitrogen and oxygen atoms in total. The molecule has 1 N–H and O–H groups in total. The van der Waals surface area contributed by atoms with Crippen molar-refractivity contribution in [1.29, 1.82) is 5.26 Å². The smallest absolute Gasteiger partial charge is 0.248 e. The van der Waals surface area contributed by atoms with Crippen LogP contribution in [0.4, 0.5) is 5.69 Å². The third-order valence-corrected chi connectivity index (χ3v) is 4.55. The van der Waals surface area contributed by atoms with Crippen molar-refractivity contribution in [2.75, 3.05) is 25.3 Å². The summed E-state index contributed by atoms with van der Waals surface area (Å²) in [5, 5.41) is 11.5. The maximum absolute atomic E-state index is 12.3. The quantitative estimate of drug-likeness (QED) is 0.426. The second kappa shape index (κ2) is 10.2. The Morgan fingerprint density at radius 2 is 2.04 bits per heavy atom. The maximum Gasteiger partial charge on any atom is 0.248 e. The molecule has 2 aromatic carbocycles. The summed E-state index contributed by atoms with van der Waals surface area (Å²) in [6.45, 7) is 0. The van der Waals surface area contributed by atoms with Crippen LogP contribution in [-0.2, 0) is 4.79 Å². The van der Waals surface area contributed by atoms with Crippen molar-refractivity contribution < 1.29 is 14.3 Å². The van der Waals surface area contributed by atoms with Crippen molar-refractivity contribution in [1.82, 2.24) is 0 Å². The number of thioether (sulfide) groups is 1. The number of hydrogen-bond donors (Lipinski definition) is 1. The SMILES string of the molecule is COc1ccc(C=CC(=O)Nc2ccccc2SCCC#N)c(OC)c1. The molecule has 0 aliphatic carbocycles. The number of nitrogens with zero attached hydrogens (tertiary/aromatic N) is 1. The zero-order chi connectivity index (χ0) is 18.8. The number of nitriles is 1. The molecule has 0 aromatic heterocycles. The highest BCUT2D eigenvalue weighted by Gasteiger charge is 2.06. The van der Waals surface area contributed by atoms with Gasteiger partial charge in [-0.05, 0) is 30.3 Å². The number of methoxy groups -OCH3 is 2. The summed E-state index contributed by atoms with van der Waals surface area (Å²) < 4.78 is 10.5. The van der Waals surface area contributed by atoms with Gasteiger partial charge in [-0.25, -0.2) is 0 Å². The molecule has 2 rings (SSSR count). The Bertz CT molecular complexity index is 828. The van der Waals surface area contributed by atoms with E-state index in [4.69, 9.17) is 14.7 Å². The molecule has 0 unspecified atom stereocenters. The van der Waals surface area contributed by atoms with E-state index < -0.39 is 0 Å². The predicted octanol–water partition coefficient (Wildman–Crippen LogP) is 4.36. The molecule has 0 saturated carbocycles. The Hall–Kier alpha value is -2.91. The number of carbonyl (C=O) groups excluding carboxylic acids is 1. The van der Waals surface area contributed by atoms with Crippen LogP contribution in [0.5, 0.6) is 11.5 Å². The van der Waals surface area contributed by atoms with E-state index in [2.05, 4.69) is 11.4 Å². The van der Waals surface area contributed by atoms with E-state index in [-0.39, 0.29) is 5.91 Å². The van der Waals surface area contributed by atoms with Crippen LogP contribution < -0.4 is 14.8 Å². The highest BCUT2D eigenvalue weighted by atomic mass is 32.2. The average molecular weight is 368 g/mol. The Morgan fingerprint density at radius 3 is 2.77 bits per heavy atom. The van der Waals surface area contributed by atoms with Gasteiger partial charge in [0.1, 0.15) is 11.5 Å². The molecular formula is C20H20N2O3S. The van der Waals surface area contributed by atoms with E-state index >= 15 is 0 Å². The largest absolute Gasteiger partial charge is 0.497 e. The van der Waals surface area contributed by atoms with Gasteiger partial charge in [-0.1, -0.05) is 12.1 Å². The lowest BCUT2D eigenvalue weighted by atomic mass is 10.1. The Morgan fingerprint density at radius 1 is 1.23 bits per heavy atom. The minimum atomic E-state index is -0.240. The van der Waals surface area contributed by atoms with Gasteiger partial charge in [0.15, 0.2) is 0 Å². The van der Waals surface area contributed by atoms with Crippen LogP contribution >= 0.6 is 11.8 Å². The van der Waals surface area contributed by atoms with E-state index in [0.29, 0.717) is 23.7 Å². The molecule has 0 fully saturated rings. The molecule has 0 aliphatic rings. The van der Waals surface area contributed by atoms with Crippen molar-refractivity contribution >= 4 is 29.4 Å². The second-order valence-electron chi connectivity index (χ2n) is 5.18. The lowest BCUT2D eigenvalue weighted by Gasteiger charge is -2.09. The third-order valence-electron chi connectivity index (χ3n) is 3.47. The van der Waals surface area contributed by atoms with Crippen LogP contribution in [0, 0.1) is 11.3 Å². The Kier molecular flexibility index (Phi) is 7.59. The van der Waals surface area contributed by atoms with Crippen LogP contribution in [0.25, 0.3) is 6.08 Å². The van der Waals surface area contributed by atoms with Crippen LogP contribution in [-0.4, -0.2) is 25.9 Å². The van der Waals surface area contributed by atoms with Gasteiger partial charge in [0.25, 0.3) is 0 Å². The van der Waals surface area contributed by atoms with Gasteiger partial charge in [-0.3, -0.25) is 4.79 Å². The molecule has 6 heteroatoms. The molecule has 0 heterocycles. The third kappa shape index (κ3) is 5.57. The molecule has 0 spiro atoms. The summed E-state index contributed by atoms with van der Waals surface area (Å²) in [5.41, 5.74) is 1.51. The molecule has 0 saturated heterocycles. The second-order valence-corrected chi connectivity index (χ2v) is 6.32. The Balaban J connectivity index is 2.07. The number of hydrogen-bond acceptors (Lipinski definition) is 5. The number of anilines is 1. The van der Waals surface area contributed by atoms with Gasteiger partial charge in [0.2, 0.25) is 5.91 Å². The highest BCUT2D eigenvalue weighted by Crippen LogP contribution is 2.28. The number of para-hydroxylation sites is 1. The zero-order valence-electron chi connectivity index (χ0n) is 14.7. The van der Waals surface area contributed by atoms with E-state index in [0.717, 1.165) is 16.1 Å². The Labute approximate surface area is 157 Å². The molecule has 26 heavy (non-hydrogen) atoms. The molecule has 0 aliphatic heterocycles. The number of amides is 1. The summed E-state index contributed by atoms with van der Waals surface area (Å²) in [6.07, 6.45) is 3.62. The van der Waals surface area contributed by atoms with Crippen molar-refractivity contribution in [3.05, 3.63) is 54.1 Å². The number of rotatable bonds is 8. The van der Waals surface area contributed by atoms with Crippen molar-refractivity contribution in [3.63, 3.8) is 0 Å². The highest BCUT2D eigenvalue weighted by molar-refractivity contribution is 7.99. The number of ether oxygens (including phenoxy) is 2. The van der Waals surface area contributed by atoms with E-state index in [1.807, 2.05) is 30.3 Å². The number of nitrogens with one attached hydrogen (secondary N) is 1. The lowest BCUT2D eigenvalue weighted by Crippen LogP contribution is -2.08. The summed E-state index contributed by atoms with van der Waals surface area (Å²) in [6, 6.07) is 15.0. The van der Waals surface area contributed by atoms with Gasteiger partial charge < -0.3 is 14.8 Å². The molecule has 1 amide bonds. The normalized spacial score (nSPS) is 10.3. The predicted molar refractivity (Wildman–Crippen MR) is 105 cm³/mol. The van der Waals surface area contributed by atoms with E-state index in [1.54, 1.807) is 44.2 Å². The van der Waals surface area contributed by atoms with Crippen molar-refractivity contribution in [3.8, 4) is 17.6 Å². The summed E-state index contributed by atoms with van der Waals surface area (Å²) in [7, 11) is 3.16. The molecule has 0 bridgehead atoms. The summed E-state index contributed by atoms with van der Waals surface area (Å²) in [5.74, 6) is 1.76. The number of benzene rings is 2. The van der Waals surface area contributed by atoms with Gasteiger partial charge in [-0.2, -0.15) is 5.26 Å². The first-order valence-corrected chi connectivity index (χ1v) is 8.96. The van der Waals surface area contributed by atoms with Gasteiger partial charge in [0.05, 0.1) is 26.0 Å². The van der Waals surface area contributed by atoms with Crippen LogP contribution in [0.2, 0.25) is 0 Å². The molecule has 0 atom stereocenters. The fourth-order valence-corrected chi connectivity index (χ4v) is 3.06. The van der Waals surface area contributed by atoms with Gasteiger partial charge in [0, 0.05) is 34.8 Å². The topological polar surface area (TPSA) is 71.3 Å². The van der Waals surface area contributed by atoms with E-state index in [9.17, 15) is 4.79 Å². The average Bonchev–Trinajstić information content (AvgIpc) is 2.67. The number of carbonyl (C=O) groups is 1. The zero-order valence-corrected chi connectivity index (χ0v) is 15.5. The summed E-state index contributed by atoms with van der Waals surface area (Å²) in [4.78, 5) is 13.2. The molecule has 2 aromatic rings. The van der Waals surface area contributed by atoms with Crippen LogP contribution in [0.15, 0.2) is 53.4 Å². The van der Waals surface area contributed by atoms with Crippen molar-refractivity contribution in [2.24, 2.45) is 0 Å². The molecule has 134 valence electrons. The standard InChI is InChI=1S/C20H20N2O3S/c1-24-16-10-8-15(18(14-16)25-2)9-11-20(23)22-17-6-3-4-7-19(17)26-13-5-12-21/h3-4,6-11,14H,5,13H2,1-2H3,(H,22,23). The minimum absolute atomic E-state index is 0.240. The van der Waals surface area contributed by atoms with Crippen molar-refractivity contribution in [2.45, 2.75) is 11.3 Å². The first kappa shape index (κ1) is 19.4. The molecule has 0 radical (unpaired) electrons. The molecular weight excluding hydrogens is 348 g/mol.